The predicted octanol–water partition coefficient (Wildman–Crippen LogP) is 3.32. The molecule has 6 heteroatoms. The van der Waals surface area contributed by atoms with Crippen LogP contribution in [0.25, 0.3) is 0 Å². The monoisotopic (exact) mass is 347 g/mol. The Labute approximate surface area is 147 Å². The maximum Gasteiger partial charge on any atom is 0.338 e. The van der Waals surface area contributed by atoms with Crippen LogP contribution in [-0.2, 0) is 19.1 Å². The van der Waals surface area contributed by atoms with Crippen LogP contribution in [0.3, 0.4) is 0 Å². The standard InChI is InChI=1S/C19H25NO5/c1-3-5-13-25-16(21)14-7-9-15(10-8-14)20-17(22)19(11-6-12-19)18(23)24-4-2/h7-10H,3-6,11-13H2,1-2H3,(H,20,22). The lowest BCUT2D eigenvalue weighted by atomic mass is 9.68. The Hall–Kier alpha value is -2.37. The fourth-order valence-corrected chi connectivity index (χ4v) is 2.66. The van der Waals surface area contributed by atoms with Crippen LogP contribution in [0, 0.1) is 5.41 Å². The van der Waals surface area contributed by atoms with Crippen molar-refractivity contribution in [3.8, 4) is 0 Å². The number of hydrogen-bond acceptors (Lipinski definition) is 5. The second-order valence-corrected chi connectivity index (χ2v) is 6.18. The molecule has 25 heavy (non-hydrogen) atoms. The Morgan fingerprint density at radius 1 is 1.08 bits per heavy atom. The largest absolute Gasteiger partial charge is 0.465 e. The first kappa shape index (κ1) is 19.0. The molecule has 0 heterocycles. The van der Waals surface area contributed by atoms with Gasteiger partial charge in [-0.15, -0.1) is 0 Å². The van der Waals surface area contributed by atoms with Gasteiger partial charge in [0.1, 0.15) is 5.41 Å². The van der Waals surface area contributed by atoms with E-state index in [1.807, 2.05) is 6.92 Å². The van der Waals surface area contributed by atoms with Gasteiger partial charge in [-0.1, -0.05) is 19.8 Å². The van der Waals surface area contributed by atoms with Gasteiger partial charge in [-0.2, -0.15) is 0 Å². The van der Waals surface area contributed by atoms with Crippen molar-refractivity contribution >= 4 is 23.5 Å². The molecule has 1 saturated carbocycles. The van der Waals surface area contributed by atoms with Gasteiger partial charge < -0.3 is 14.8 Å². The Balaban J connectivity index is 1.97. The van der Waals surface area contributed by atoms with Crippen molar-refractivity contribution < 1.29 is 23.9 Å². The maximum atomic E-state index is 12.5. The zero-order valence-corrected chi connectivity index (χ0v) is 14.8. The summed E-state index contributed by atoms with van der Waals surface area (Å²) in [4.78, 5) is 36.5. The molecule has 1 aliphatic rings. The van der Waals surface area contributed by atoms with Crippen LogP contribution in [0.5, 0.6) is 0 Å². The van der Waals surface area contributed by atoms with Gasteiger partial charge in [-0.05, 0) is 50.5 Å². The molecule has 0 atom stereocenters. The van der Waals surface area contributed by atoms with Crippen LogP contribution in [0.1, 0.15) is 56.3 Å². The molecule has 0 radical (unpaired) electrons. The number of carbonyl (C=O) groups excluding carboxylic acids is 3. The van der Waals surface area contributed by atoms with Crippen LogP contribution in [0.4, 0.5) is 5.69 Å². The highest BCUT2D eigenvalue weighted by molar-refractivity contribution is 6.09. The first-order valence-corrected chi connectivity index (χ1v) is 8.79. The Morgan fingerprint density at radius 2 is 1.76 bits per heavy atom. The Kier molecular flexibility index (Phi) is 6.56. The summed E-state index contributed by atoms with van der Waals surface area (Å²) in [5.74, 6) is -1.20. The van der Waals surface area contributed by atoms with E-state index in [2.05, 4.69) is 5.32 Å². The smallest absolute Gasteiger partial charge is 0.338 e. The first-order valence-electron chi connectivity index (χ1n) is 8.79. The average Bonchev–Trinajstić information content (AvgIpc) is 2.55. The van der Waals surface area contributed by atoms with E-state index in [1.54, 1.807) is 31.2 Å². The van der Waals surface area contributed by atoms with Crippen LogP contribution < -0.4 is 5.32 Å². The molecule has 0 unspecified atom stereocenters. The molecule has 0 aliphatic heterocycles. The molecule has 136 valence electrons. The molecule has 6 nitrogen and oxygen atoms in total. The van der Waals surface area contributed by atoms with Crippen molar-refractivity contribution in [2.45, 2.75) is 46.0 Å². The number of anilines is 1. The zero-order valence-electron chi connectivity index (χ0n) is 14.8. The summed E-state index contributed by atoms with van der Waals surface area (Å²) in [5.41, 5.74) is -0.114. The lowest BCUT2D eigenvalue weighted by molar-refractivity contribution is -0.165. The fourth-order valence-electron chi connectivity index (χ4n) is 2.66. The van der Waals surface area contributed by atoms with Crippen LogP contribution in [0.2, 0.25) is 0 Å². The van der Waals surface area contributed by atoms with Crippen molar-refractivity contribution in [3.63, 3.8) is 0 Å². The lowest BCUT2D eigenvalue weighted by Gasteiger charge is -2.37. The molecule has 0 saturated heterocycles. The van der Waals surface area contributed by atoms with Crippen LogP contribution >= 0.6 is 0 Å². The van der Waals surface area contributed by atoms with Crippen molar-refractivity contribution in [1.82, 2.24) is 0 Å². The number of unbranched alkanes of at least 4 members (excludes halogenated alkanes) is 1. The molecule has 1 aliphatic carbocycles. The third kappa shape index (κ3) is 4.38. The van der Waals surface area contributed by atoms with Crippen molar-refractivity contribution in [1.29, 1.82) is 0 Å². The van der Waals surface area contributed by atoms with E-state index in [1.165, 1.54) is 0 Å². The molecule has 1 aromatic carbocycles. The number of rotatable bonds is 8. The molecule has 1 aromatic rings. The van der Waals surface area contributed by atoms with E-state index in [9.17, 15) is 14.4 Å². The maximum absolute atomic E-state index is 12.5. The number of benzene rings is 1. The Morgan fingerprint density at radius 3 is 2.28 bits per heavy atom. The minimum atomic E-state index is -1.08. The number of esters is 2. The van der Waals surface area contributed by atoms with Crippen molar-refractivity contribution in [3.05, 3.63) is 29.8 Å². The number of carbonyl (C=O) groups is 3. The van der Waals surface area contributed by atoms with Crippen LogP contribution in [0.15, 0.2) is 24.3 Å². The van der Waals surface area contributed by atoms with Gasteiger partial charge in [0.25, 0.3) is 0 Å². The van der Waals surface area contributed by atoms with E-state index in [0.29, 0.717) is 30.7 Å². The van der Waals surface area contributed by atoms with Gasteiger partial charge >= 0.3 is 11.9 Å². The highest BCUT2D eigenvalue weighted by Crippen LogP contribution is 2.43. The summed E-state index contributed by atoms with van der Waals surface area (Å²) in [6.07, 6.45) is 3.62. The minimum absolute atomic E-state index is 0.253. The lowest BCUT2D eigenvalue weighted by Crippen LogP contribution is -2.49. The topological polar surface area (TPSA) is 81.7 Å². The predicted molar refractivity (Wildman–Crippen MR) is 93.2 cm³/mol. The molecule has 2 rings (SSSR count). The molecule has 1 fully saturated rings. The molecular weight excluding hydrogens is 322 g/mol. The van der Waals surface area contributed by atoms with Gasteiger partial charge in [0.15, 0.2) is 0 Å². The van der Waals surface area contributed by atoms with E-state index < -0.39 is 11.4 Å². The van der Waals surface area contributed by atoms with E-state index in [-0.39, 0.29) is 18.5 Å². The second-order valence-electron chi connectivity index (χ2n) is 6.18. The number of hydrogen-bond donors (Lipinski definition) is 1. The quantitative estimate of drug-likeness (QED) is 0.443. The second kappa shape index (κ2) is 8.65. The molecule has 0 spiro atoms. The van der Waals surface area contributed by atoms with Crippen molar-refractivity contribution in [2.75, 3.05) is 18.5 Å². The summed E-state index contributed by atoms with van der Waals surface area (Å²) >= 11 is 0. The SMILES string of the molecule is CCCCOC(=O)c1ccc(NC(=O)C2(C(=O)OCC)CCC2)cc1. The van der Waals surface area contributed by atoms with Gasteiger partial charge in [0, 0.05) is 5.69 Å². The fraction of sp³-hybridized carbons (Fsp3) is 0.526. The van der Waals surface area contributed by atoms with Gasteiger partial charge in [0.2, 0.25) is 5.91 Å². The third-order valence-electron chi connectivity index (χ3n) is 4.42. The normalized spacial score (nSPS) is 15.0. The van der Waals surface area contributed by atoms with Gasteiger partial charge in [-0.25, -0.2) is 4.79 Å². The number of ether oxygens (including phenoxy) is 2. The summed E-state index contributed by atoms with van der Waals surface area (Å²) in [6, 6.07) is 6.46. The zero-order chi connectivity index (χ0) is 18.3. The van der Waals surface area contributed by atoms with Crippen molar-refractivity contribution in [2.24, 2.45) is 5.41 Å². The summed E-state index contributed by atoms with van der Waals surface area (Å²) < 4.78 is 10.2. The summed E-state index contributed by atoms with van der Waals surface area (Å²) in [6.45, 7) is 4.40. The first-order chi connectivity index (χ1) is 12.0. The Bertz CT molecular complexity index is 619. The number of amides is 1. The van der Waals surface area contributed by atoms with Gasteiger partial charge in [0.05, 0.1) is 18.8 Å². The van der Waals surface area contributed by atoms with E-state index in [4.69, 9.17) is 9.47 Å². The molecule has 1 N–H and O–H groups in total. The van der Waals surface area contributed by atoms with Gasteiger partial charge in [-0.3, -0.25) is 9.59 Å². The molecular formula is C19H25NO5. The van der Waals surface area contributed by atoms with E-state index >= 15 is 0 Å². The summed E-state index contributed by atoms with van der Waals surface area (Å²) in [5, 5.41) is 2.75. The highest BCUT2D eigenvalue weighted by Gasteiger charge is 2.52. The van der Waals surface area contributed by atoms with E-state index in [0.717, 1.165) is 19.3 Å². The summed E-state index contributed by atoms with van der Waals surface area (Å²) in [7, 11) is 0. The molecule has 1 amide bonds. The molecule has 0 bridgehead atoms. The van der Waals surface area contributed by atoms with Crippen LogP contribution in [-0.4, -0.2) is 31.1 Å². The third-order valence-corrected chi connectivity index (χ3v) is 4.42. The highest BCUT2D eigenvalue weighted by atomic mass is 16.5. The average molecular weight is 347 g/mol. The molecule has 0 aromatic heterocycles. The minimum Gasteiger partial charge on any atom is -0.465 e. The number of nitrogens with one attached hydrogen (secondary N) is 1.